The van der Waals surface area contributed by atoms with E-state index in [4.69, 9.17) is 22.1 Å². The number of nitrogen functional groups attached to an aromatic ring is 1. The lowest BCUT2D eigenvalue weighted by Gasteiger charge is -2.36. The maximum Gasteiger partial charge on any atom is 0.416 e. The molecular formula is C34H34ClF4N9O5. The minimum Gasteiger partial charge on any atom is -0.399 e. The van der Waals surface area contributed by atoms with Gasteiger partial charge in [0.05, 0.1) is 47.3 Å². The van der Waals surface area contributed by atoms with Gasteiger partial charge in [-0.15, -0.1) is 5.10 Å². The summed E-state index contributed by atoms with van der Waals surface area (Å²) >= 11 is 6.10. The number of amides is 3. The fraction of sp³-hybridized carbons (Fsp3) is 0.353. The molecule has 53 heavy (non-hydrogen) atoms. The number of benzene rings is 2. The van der Waals surface area contributed by atoms with Crippen molar-refractivity contribution >= 4 is 57.7 Å². The van der Waals surface area contributed by atoms with Gasteiger partial charge in [-0.3, -0.25) is 19.2 Å². The van der Waals surface area contributed by atoms with E-state index in [2.05, 4.69) is 20.7 Å². The van der Waals surface area contributed by atoms with Gasteiger partial charge in [0, 0.05) is 31.9 Å². The van der Waals surface area contributed by atoms with Gasteiger partial charge in [0.15, 0.2) is 5.82 Å². The van der Waals surface area contributed by atoms with E-state index in [0.29, 0.717) is 31.4 Å². The number of piperazine rings is 1. The summed E-state index contributed by atoms with van der Waals surface area (Å²) in [4.78, 5) is 61.1. The van der Waals surface area contributed by atoms with Crippen LogP contribution < -0.4 is 26.8 Å². The minimum atomic E-state index is -4.63. The molecule has 0 bridgehead atoms. The van der Waals surface area contributed by atoms with Crippen molar-refractivity contribution in [3.8, 4) is 0 Å². The summed E-state index contributed by atoms with van der Waals surface area (Å²) in [6.07, 6.45) is -2.06. The third-order valence-corrected chi connectivity index (χ3v) is 9.18. The Kier molecular flexibility index (Phi) is 10.7. The first-order valence-electron chi connectivity index (χ1n) is 16.6. The number of aromatic nitrogens is 4. The second kappa shape index (κ2) is 15.2. The number of hydrogen-bond acceptors (Lipinski definition) is 9. The zero-order valence-electron chi connectivity index (χ0n) is 28.3. The molecule has 1 fully saturated rings. The van der Waals surface area contributed by atoms with Crippen LogP contribution in [0.1, 0.15) is 40.8 Å². The first kappa shape index (κ1) is 37.3. The molecule has 2 aliphatic rings. The average Bonchev–Trinajstić information content (AvgIpc) is 3.59. The highest BCUT2D eigenvalue weighted by atomic mass is 35.5. The molecule has 0 aliphatic carbocycles. The smallest absolute Gasteiger partial charge is 0.399 e. The van der Waals surface area contributed by atoms with Gasteiger partial charge >= 0.3 is 6.18 Å². The van der Waals surface area contributed by atoms with Crippen LogP contribution in [-0.4, -0.2) is 87.7 Å². The van der Waals surface area contributed by atoms with Crippen LogP contribution in [0.5, 0.6) is 0 Å². The number of hydrogen-bond donors (Lipinski definition) is 3. The van der Waals surface area contributed by atoms with Crippen LogP contribution >= 0.6 is 11.6 Å². The van der Waals surface area contributed by atoms with Crippen molar-refractivity contribution in [2.75, 3.05) is 61.9 Å². The molecule has 0 saturated carbocycles. The molecule has 0 atom stereocenters. The van der Waals surface area contributed by atoms with E-state index in [9.17, 15) is 36.7 Å². The van der Waals surface area contributed by atoms with Crippen molar-refractivity contribution in [1.82, 2.24) is 29.4 Å². The summed E-state index contributed by atoms with van der Waals surface area (Å²) in [5.41, 5.74) is 5.47. The number of ether oxygens (including phenoxy) is 1. The summed E-state index contributed by atoms with van der Waals surface area (Å²) in [7, 11) is 0. The Hall–Kier alpha value is -5.49. The lowest BCUT2D eigenvalue weighted by molar-refractivity contribution is -0.137. The number of carbonyl (C=O) groups excluding carboxylic acids is 3. The largest absolute Gasteiger partial charge is 0.416 e. The molecule has 2 aromatic carbocycles. The number of anilines is 3. The van der Waals surface area contributed by atoms with Crippen LogP contribution in [0, 0.1) is 5.82 Å². The summed E-state index contributed by atoms with van der Waals surface area (Å²) in [6.45, 7) is 2.51. The monoisotopic (exact) mass is 759 g/mol. The Bertz CT molecular complexity index is 2180. The predicted octanol–water partition coefficient (Wildman–Crippen LogP) is 3.37. The van der Waals surface area contributed by atoms with Crippen molar-refractivity contribution in [2.45, 2.75) is 32.5 Å². The molecule has 19 heteroatoms. The summed E-state index contributed by atoms with van der Waals surface area (Å²) in [5, 5.41) is 9.17. The fourth-order valence-electron chi connectivity index (χ4n) is 6.18. The number of nitrogens with zero attached hydrogens (tertiary/aromatic N) is 6. The van der Waals surface area contributed by atoms with E-state index in [0.717, 1.165) is 28.3 Å². The van der Waals surface area contributed by atoms with Gasteiger partial charge in [0.25, 0.3) is 11.5 Å². The number of halogens is 5. The van der Waals surface area contributed by atoms with E-state index in [1.807, 2.05) is 0 Å². The van der Waals surface area contributed by atoms with E-state index in [1.54, 1.807) is 17.9 Å². The highest BCUT2D eigenvalue weighted by Crippen LogP contribution is 2.34. The first-order valence-corrected chi connectivity index (χ1v) is 16.9. The second-order valence-electron chi connectivity index (χ2n) is 12.3. The van der Waals surface area contributed by atoms with Gasteiger partial charge < -0.3 is 35.5 Å². The normalized spacial score (nSPS) is 15.0. The summed E-state index contributed by atoms with van der Waals surface area (Å²) < 4.78 is 61.8. The van der Waals surface area contributed by atoms with Crippen LogP contribution in [0.3, 0.4) is 0 Å². The van der Waals surface area contributed by atoms with Gasteiger partial charge in [0.2, 0.25) is 17.6 Å². The molecule has 280 valence electrons. The van der Waals surface area contributed by atoms with Crippen molar-refractivity contribution < 1.29 is 36.7 Å². The van der Waals surface area contributed by atoms with Gasteiger partial charge in [-0.1, -0.05) is 24.6 Å². The SMILES string of the molecule is CCc1c(N2CCN(C(=O)CNC(=O)c3cc(N)ccc3F)CC2)c(=O)n2nc(C3=CCOCC3)nc2n1CC(=O)Nc1ccc(C(F)(F)F)cc1Cl. The number of nitrogens with two attached hydrogens (primary N) is 1. The lowest BCUT2D eigenvalue weighted by atomic mass is 10.1. The highest BCUT2D eigenvalue weighted by Gasteiger charge is 2.32. The highest BCUT2D eigenvalue weighted by molar-refractivity contribution is 6.33. The zero-order chi connectivity index (χ0) is 38.0. The average molecular weight is 760 g/mol. The number of nitrogens with one attached hydrogen (secondary N) is 2. The summed E-state index contributed by atoms with van der Waals surface area (Å²) in [6, 6.07) is 6.13. The van der Waals surface area contributed by atoms with Crippen LogP contribution in [0.25, 0.3) is 11.4 Å². The van der Waals surface area contributed by atoms with Crippen LogP contribution in [-0.2, 0) is 33.5 Å². The first-order chi connectivity index (χ1) is 25.2. The molecule has 4 aromatic rings. The van der Waals surface area contributed by atoms with E-state index in [-0.39, 0.29) is 71.9 Å². The van der Waals surface area contributed by atoms with Gasteiger partial charge in [-0.2, -0.15) is 22.7 Å². The van der Waals surface area contributed by atoms with E-state index < -0.39 is 53.9 Å². The van der Waals surface area contributed by atoms with Crippen molar-refractivity contribution in [3.05, 3.63) is 86.3 Å². The molecule has 6 rings (SSSR count). The third-order valence-electron chi connectivity index (χ3n) is 8.87. The Morgan fingerprint density at radius 1 is 1.08 bits per heavy atom. The topological polar surface area (TPSA) is 169 Å². The standard InChI is InChI=1S/C34H34ClF4N9O5/c1-2-26-29(46-11-9-45(10-12-46)28(50)17-41-31(51)22-16-21(40)4-5-24(22)36)32(52)48-33(43-30(44-48)19-7-13-53-14-8-19)47(26)18-27(49)42-25-6-3-20(15-23(25)35)34(37,38)39/h3-7,15-16H,2,8-14,17-18,40H2,1H3,(H,41,51)(H,42,49). The molecule has 0 spiro atoms. The number of rotatable bonds is 9. The molecular weight excluding hydrogens is 726 g/mol. The maximum absolute atomic E-state index is 14.2. The minimum absolute atomic E-state index is 0.0375. The Morgan fingerprint density at radius 3 is 2.49 bits per heavy atom. The molecule has 4 N–H and O–H groups in total. The Balaban J connectivity index is 1.25. The second-order valence-corrected chi connectivity index (χ2v) is 12.7. The molecule has 2 aliphatic heterocycles. The Morgan fingerprint density at radius 2 is 1.83 bits per heavy atom. The number of carbonyl (C=O) groups is 3. The Labute approximate surface area is 304 Å². The molecule has 0 radical (unpaired) electrons. The van der Waals surface area contributed by atoms with E-state index >= 15 is 0 Å². The van der Waals surface area contributed by atoms with Crippen molar-refractivity contribution in [2.24, 2.45) is 0 Å². The fourth-order valence-corrected chi connectivity index (χ4v) is 6.41. The molecule has 3 amide bonds. The lowest BCUT2D eigenvalue weighted by Crippen LogP contribution is -2.52. The number of fused-ring (bicyclic) bond motifs is 1. The quantitative estimate of drug-likeness (QED) is 0.171. The molecule has 2 aromatic heterocycles. The predicted molar refractivity (Wildman–Crippen MR) is 187 cm³/mol. The van der Waals surface area contributed by atoms with Crippen LogP contribution in [0.4, 0.5) is 34.6 Å². The molecule has 1 saturated heterocycles. The van der Waals surface area contributed by atoms with Crippen molar-refractivity contribution in [3.63, 3.8) is 0 Å². The third kappa shape index (κ3) is 7.97. The van der Waals surface area contributed by atoms with E-state index in [1.165, 1.54) is 21.6 Å². The zero-order valence-corrected chi connectivity index (χ0v) is 29.1. The molecule has 4 heterocycles. The van der Waals surface area contributed by atoms with Crippen LogP contribution in [0.2, 0.25) is 5.02 Å². The van der Waals surface area contributed by atoms with Crippen molar-refractivity contribution in [1.29, 1.82) is 0 Å². The molecule has 14 nitrogen and oxygen atoms in total. The summed E-state index contributed by atoms with van der Waals surface area (Å²) in [5.74, 6) is -2.29. The maximum atomic E-state index is 14.2. The van der Waals surface area contributed by atoms with Gasteiger partial charge in [0.1, 0.15) is 18.0 Å². The molecule has 0 unspecified atom stereocenters. The van der Waals surface area contributed by atoms with Gasteiger partial charge in [-0.05, 0) is 54.8 Å². The number of alkyl halides is 3. The van der Waals surface area contributed by atoms with Crippen LogP contribution in [0.15, 0.2) is 47.3 Å². The van der Waals surface area contributed by atoms with Gasteiger partial charge in [-0.25, -0.2) is 4.39 Å².